The average Bonchev–Trinajstić information content (AvgIpc) is 2.92. The van der Waals surface area contributed by atoms with Crippen molar-refractivity contribution in [2.45, 2.75) is 25.3 Å². The van der Waals surface area contributed by atoms with E-state index in [1.165, 1.54) is 5.56 Å². The number of piperazine rings is 1. The Labute approximate surface area is 171 Å². The molecule has 1 N–H and O–H groups in total. The van der Waals surface area contributed by atoms with E-state index >= 15 is 0 Å². The van der Waals surface area contributed by atoms with E-state index in [0.29, 0.717) is 19.5 Å². The SMILES string of the molecule is COc1cccc(CC(=O)N2CCN(C3CCc4ccccc4NC3=O)CC2)c1. The summed E-state index contributed by atoms with van der Waals surface area (Å²) in [6, 6.07) is 15.5. The summed E-state index contributed by atoms with van der Waals surface area (Å²) in [5, 5.41) is 3.07. The summed E-state index contributed by atoms with van der Waals surface area (Å²) in [6.45, 7) is 2.75. The van der Waals surface area contributed by atoms with Gasteiger partial charge in [-0.1, -0.05) is 30.3 Å². The third-order valence-corrected chi connectivity index (χ3v) is 5.86. The number of carbonyl (C=O) groups is 2. The van der Waals surface area contributed by atoms with E-state index in [4.69, 9.17) is 4.74 Å². The van der Waals surface area contributed by atoms with E-state index in [2.05, 4.69) is 16.3 Å². The van der Waals surface area contributed by atoms with Crippen LogP contribution in [0.1, 0.15) is 17.5 Å². The second-order valence-corrected chi connectivity index (χ2v) is 7.65. The van der Waals surface area contributed by atoms with Crippen molar-refractivity contribution in [3.8, 4) is 5.75 Å². The molecule has 4 rings (SSSR count). The Hall–Kier alpha value is -2.86. The molecule has 29 heavy (non-hydrogen) atoms. The Balaban J connectivity index is 1.33. The van der Waals surface area contributed by atoms with Crippen molar-refractivity contribution in [1.82, 2.24) is 9.80 Å². The summed E-state index contributed by atoms with van der Waals surface area (Å²) in [4.78, 5) is 29.6. The van der Waals surface area contributed by atoms with Gasteiger partial charge in [-0.2, -0.15) is 0 Å². The van der Waals surface area contributed by atoms with Gasteiger partial charge < -0.3 is 15.0 Å². The standard InChI is InChI=1S/C23H27N3O3/c1-29-19-7-4-5-17(15-19)16-22(27)26-13-11-25(12-14-26)21-10-9-18-6-2-3-8-20(18)24-23(21)28/h2-8,15,21H,9-14,16H2,1H3,(H,24,28). The number of amides is 2. The first-order chi connectivity index (χ1) is 14.1. The highest BCUT2D eigenvalue weighted by Crippen LogP contribution is 2.24. The van der Waals surface area contributed by atoms with E-state index < -0.39 is 0 Å². The third-order valence-electron chi connectivity index (χ3n) is 5.86. The number of ether oxygens (including phenoxy) is 1. The highest BCUT2D eigenvalue weighted by atomic mass is 16.5. The maximum Gasteiger partial charge on any atom is 0.241 e. The Bertz CT molecular complexity index is 890. The molecule has 0 radical (unpaired) electrons. The number of methoxy groups -OCH3 is 1. The number of nitrogens with one attached hydrogen (secondary N) is 1. The molecule has 2 heterocycles. The van der Waals surface area contributed by atoms with Crippen LogP contribution in [0.2, 0.25) is 0 Å². The van der Waals surface area contributed by atoms with E-state index in [9.17, 15) is 9.59 Å². The number of carbonyl (C=O) groups excluding carboxylic acids is 2. The van der Waals surface area contributed by atoms with E-state index in [-0.39, 0.29) is 17.9 Å². The first-order valence-corrected chi connectivity index (χ1v) is 10.2. The molecular weight excluding hydrogens is 366 g/mol. The molecule has 2 aromatic carbocycles. The molecule has 0 saturated carbocycles. The van der Waals surface area contributed by atoms with Crippen molar-refractivity contribution in [3.05, 3.63) is 59.7 Å². The highest BCUT2D eigenvalue weighted by molar-refractivity contribution is 5.96. The van der Waals surface area contributed by atoms with Gasteiger partial charge in [-0.05, 0) is 42.2 Å². The van der Waals surface area contributed by atoms with Crippen LogP contribution in [-0.4, -0.2) is 60.9 Å². The third kappa shape index (κ3) is 4.43. The lowest BCUT2D eigenvalue weighted by atomic mass is 10.0. The Morgan fingerprint density at radius 3 is 2.69 bits per heavy atom. The van der Waals surface area contributed by atoms with Crippen LogP contribution in [0.3, 0.4) is 0 Å². The maximum absolute atomic E-state index is 12.7. The molecule has 2 aliphatic rings. The molecule has 152 valence electrons. The molecule has 6 nitrogen and oxygen atoms in total. The number of anilines is 1. The lowest BCUT2D eigenvalue weighted by molar-refractivity contribution is -0.133. The van der Waals surface area contributed by atoms with Gasteiger partial charge >= 0.3 is 0 Å². The fraction of sp³-hybridized carbons (Fsp3) is 0.391. The van der Waals surface area contributed by atoms with Crippen molar-refractivity contribution < 1.29 is 14.3 Å². The summed E-state index contributed by atoms with van der Waals surface area (Å²) in [6.07, 6.45) is 2.06. The lowest BCUT2D eigenvalue weighted by Gasteiger charge is -2.38. The summed E-state index contributed by atoms with van der Waals surface area (Å²) in [5.74, 6) is 0.947. The monoisotopic (exact) mass is 393 g/mol. The van der Waals surface area contributed by atoms with Crippen LogP contribution in [-0.2, 0) is 22.4 Å². The van der Waals surface area contributed by atoms with Gasteiger partial charge in [0.2, 0.25) is 11.8 Å². The van der Waals surface area contributed by atoms with Gasteiger partial charge in [0.25, 0.3) is 0 Å². The fourth-order valence-corrected chi connectivity index (χ4v) is 4.20. The van der Waals surface area contributed by atoms with Crippen molar-refractivity contribution in [2.75, 3.05) is 38.6 Å². The van der Waals surface area contributed by atoms with Crippen LogP contribution in [0.25, 0.3) is 0 Å². The van der Waals surface area contributed by atoms with Gasteiger partial charge in [-0.3, -0.25) is 14.5 Å². The topological polar surface area (TPSA) is 61.9 Å². The number of aryl methyl sites for hydroxylation is 1. The van der Waals surface area contributed by atoms with E-state index in [1.807, 2.05) is 47.4 Å². The first kappa shape index (κ1) is 19.5. The summed E-state index contributed by atoms with van der Waals surface area (Å²) < 4.78 is 5.24. The minimum absolute atomic E-state index is 0.0612. The summed E-state index contributed by atoms with van der Waals surface area (Å²) in [5.41, 5.74) is 3.07. The van der Waals surface area contributed by atoms with E-state index in [0.717, 1.165) is 42.9 Å². The molecule has 0 bridgehead atoms. The average molecular weight is 393 g/mol. The highest BCUT2D eigenvalue weighted by Gasteiger charge is 2.32. The molecule has 1 unspecified atom stereocenters. The Kier molecular flexibility index (Phi) is 5.81. The number of nitrogens with zero attached hydrogens (tertiary/aromatic N) is 2. The number of fused-ring (bicyclic) bond motifs is 1. The second-order valence-electron chi connectivity index (χ2n) is 7.65. The van der Waals surface area contributed by atoms with Crippen molar-refractivity contribution in [1.29, 1.82) is 0 Å². The van der Waals surface area contributed by atoms with Crippen LogP contribution in [0.5, 0.6) is 5.75 Å². The smallest absolute Gasteiger partial charge is 0.241 e. The van der Waals surface area contributed by atoms with Crippen molar-refractivity contribution >= 4 is 17.5 Å². The van der Waals surface area contributed by atoms with E-state index in [1.54, 1.807) is 7.11 Å². The fourth-order valence-electron chi connectivity index (χ4n) is 4.20. The number of para-hydroxylation sites is 1. The van der Waals surface area contributed by atoms with Gasteiger partial charge in [0.05, 0.1) is 19.6 Å². The van der Waals surface area contributed by atoms with Crippen molar-refractivity contribution in [2.24, 2.45) is 0 Å². The molecule has 2 amide bonds. The maximum atomic E-state index is 12.7. The summed E-state index contributed by atoms with van der Waals surface area (Å²) >= 11 is 0. The quantitative estimate of drug-likeness (QED) is 0.866. The minimum atomic E-state index is -0.141. The molecule has 0 aliphatic carbocycles. The van der Waals surface area contributed by atoms with Gasteiger partial charge in [0.15, 0.2) is 0 Å². The number of benzene rings is 2. The predicted octanol–water partition coefficient (Wildman–Crippen LogP) is 2.34. The zero-order chi connectivity index (χ0) is 20.2. The summed E-state index contributed by atoms with van der Waals surface area (Å²) in [7, 11) is 1.63. The molecular formula is C23H27N3O3. The Morgan fingerprint density at radius 2 is 1.90 bits per heavy atom. The minimum Gasteiger partial charge on any atom is -0.497 e. The van der Waals surface area contributed by atoms with Crippen LogP contribution >= 0.6 is 0 Å². The van der Waals surface area contributed by atoms with Crippen LogP contribution in [0, 0.1) is 0 Å². The molecule has 2 aromatic rings. The molecule has 1 fully saturated rings. The van der Waals surface area contributed by atoms with Crippen LogP contribution < -0.4 is 10.1 Å². The van der Waals surface area contributed by atoms with Crippen LogP contribution in [0.4, 0.5) is 5.69 Å². The number of hydrogen-bond acceptors (Lipinski definition) is 4. The largest absolute Gasteiger partial charge is 0.497 e. The van der Waals surface area contributed by atoms with Crippen LogP contribution in [0.15, 0.2) is 48.5 Å². The second kappa shape index (κ2) is 8.66. The van der Waals surface area contributed by atoms with Gasteiger partial charge in [-0.25, -0.2) is 0 Å². The number of hydrogen-bond donors (Lipinski definition) is 1. The van der Waals surface area contributed by atoms with Gasteiger partial charge in [0.1, 0.15) is 5.75 Å². The Morgan fingerprint density at radius 1 is 1.10 bits per heavy atom. The predicted molar refractivity (Wildman–Crippen MR) is 112 cm³/mol. The zero-order valence-electron chi connectivity index (χ0n) is 16.8. The molecule has 6 heteroatoms. The molecule has 1 atom stereocenters. The van der Waals surface area contributed by atoms with Gasteiger partial charge in [0, 0.05) is 31.9 Å². The molecule has 0 spiro atoms. The normalized spacial score (nSPS) is 19.8. The first-order valence-electron chi connectivity index (χ1n) is 10.2. The van der Waals surface area contributed by atoms with Crippen molar-refractivity contribution in [3.63, 3.8) is 0 Å². The zero-order valence-corrected chi connectivity index (χ0v) is 16.8. The molecule has 1 saturated heterocycles. The lowest BCUT2D eigenvalue weighted by Crippen LogP contribution is -2.55. The number of rotatable bonds is 4. The van der Waals surface area contributed by atoms with Gasteiger partial charge in [-0.15, -0.1) is 0 Å². The molecule has 2 aliphatic heterocycles. The molecule has 0 aromatic heterocycles.